The lowest BCUT2D eigenvalue weighted by atomic mass is 10.2. The first-order chi connectivity index (χ1) is 11.3. The Morgan fingerprint density at radius 1 is 1.38 bits per heavy atom. The molecule has 1 aliphatic carbocycles. The third-order valence-corrected chi connectivity index (χ3v) is 6.38. The third-order valence-electron chi connectivity index (χ3n) is 4.51. The highest BCUT2D eigenvalue weighted by molar-refractivity contribution is 6.76. The molecule has 24 heavy (non-hydrogen) atoms. The van der Waals surface area contributed by atoms with Crippen molar-refractivity contribution < 1.29 is 4.74 Å². The van der Waals surface area contributed by atoms with Gasteiger partial charge in [0.15, 0.2) is 0 Å². The number of aromatic nitrogens is 3. The number of halogens is 1. The molecule has 1 fully saturated rings. The quantitative estimate of drug-likeness (QED) is 0.421. The Morgan fingerprint density at radius 3 is 2.79 bits per heavy atom. The Kier molecular flexibility index (Phi) is 5.18. The van der Waals surface area contributed by atoms with Gasteiger partial charge >= 0.3 is 0 Å². The molecule has 1 aliphatic rings. The van der Waals surface area contributed by atoms with E-state index in [1.807, 2.05) is 16.8 Å². The maximum atomic E-state index is 6.14. The lowest BCUT2D eigenvalue weighted by Gasteiger charge is -2.16. The van der Waals surface area contributed by atoms with Gasteiger partial charge in [-0.1, -0.05) is 19.6 Å². The molecule has 2 heterocycles. The normalized spacial score (nSPS) is 16.5. The first kappa shape index (κ1) is 17.7. The fraction of sp³-hybridized carbons (Fsp3) is 0.647. The standard InChI is InChI=1S/C17H27ClN4OSi/c1-12(13-5-6-13)19-15-14-7-8-22(16(14)21-17(18)20-15)11-23-9-10-24(2,3)4/h7-8,12-13H,5-6,9-11H2,1-4H3,(H,19,20,21)/t12-/m0/s1. The summed E-state index contributed by atoms with van der Waals surface area (Å²) >= 11 is 6.14. The topological polar surface area (TPSA) is 52.0 Å². The van der Waals surface area contributed by atoms with Crippen molar-refractivity contribution >= 4 is 36.5 Å². The van der Waals surface area contributed by atoms with Crippen LogP contribution in [-0.4, -0.2) is 35.3 Å². The van der Waals surface area contributed by atoms with Gasteiger partial charge in [-0.05, 0) is 49.4 Å². The van der Waals surface area contributed by atoms with Crippen molar-refractivity contribution in [1.82, 2.24) is 14.5 Å². The van der Waals surface area contributed by atoms with Crippen LogP contribution in [0.5, 0.6) is 0 Å². The summed E-state index contributed by atoms with van der Waals surface area (Å²) in [5, 5.41) is 4.78. The molecule has 7 heteroatoms. The number of rotatable bonds is 8. The smallest absolute Gasteiger partial charge is 0.226 e. The largest absolute Gasteiger partial charge is 0.367 e. The SMILES string of the molecule is C[C@H](Nc1nc(Cl)nc2c1ccn2COCC[Si](C)(C)C)C1CC1. The van der Waals surface area contributed by atoms with Crippen molar-refractivity contribution in [2.75, 3.05) is 11.9 Å². The van der Waals surface area contributed by atoms with Gasteiger partial charge in [0.25, 0.3) is 0 Å². The predicted molar refractivity (Wildman–Crippen MR) is 102 cm³/mol. The fourth-order valence-corrected chi connectivity index (χ4v) is 3.64. The zero-order valence-electron chi connectivity index (χ0n) is 15.0. The van der Waals surface area contributed by atoms with E-state index in [1.54, 1.807) is 0 Å². The molecule has 132 valence electrons. The molecule has 0 amide bonds. The second-order valence-electron chi connectivity index (χ2n) is 7.98. The van der Waals surface area contributed by atoms with Gasteiger partial charge in [-0.25, -0.2) is 4.98 Å². The summed E-state index contributed by atoms with van der Waals surface area (Å²) in [7, 11) is -1.07. The minimum absolute atomic E-state index is 0.273. The Labute approximate surface area is 149 Å². The highest BCUT2D eigenvalue weighted by Crippen LogP contribution is 2.35. The summed E-state index contributed by atoms with van der Waals surface area (Å²) in [4.78, 5) is 8.79. The summed E-state index contributed by atoms with van der Waals surface area (Å²) in [6.07, 6.45) is 4.58. The van der Waals surface area contributed by atoms with E-state index in [9.17, 15) is 0 Å². The molecule has 0 saturated heterocycles. The molecular formula is C17H27ClN4OSi. The van der Waals surface area contributed by atoms with E-state index >= 15 is 0 Å². The number of nitrogens with one attached hydrogen (secondary N) is 1. The molecule has 0 bridgehead atoms. The van der Waals surface area contributed by atoms with E-state index in [-0.39, 0.29) is 5.28 Å². The number of anilines is 1. The highest BCUT2D eigenvalue weighted by Gasteiger charge is 2.28. The van der Waals surface area contributed by atoms with Gasteiger partial charge in [0.05, 0.1) is 5.39 Å². The van der Waals surface area contributed by atoms with Gasteiger partial charge in [0, 0.05) is 26.9 Å². The van der Waals surface area contributed by atoms with Crippen LogP contribution in [0.1, 0.15) is 19.8 Å². The second kappa shape index (κ2) is 7.02. The average Bonchev–Trinajstić information content (AvgIpc) is 3.25. The van der Waals surface area contributed by atoms with Crippen LogP contribution in [0.15, 0.2) is 12.3 Å². The van der Waals surface area contributed by atoms with Crippen LogP contribution >= 0.6 is 11.6 Å². The molecule has 0 aromatic carbocycles. The van der Waals surface area contributed by atoms with E-state index < -0.39 is 8.07 Å². The van der Waals surface area contributed by atoms with Crippen molar-refractivity contribution in [3.05, 3.63) is 17.5 Å². The predicted octanol–water partition coefficient (Wildman–Crippen LogP) is 4.61. The average molecular weight is 367 g/mol. The maximum absolute atomic E-state index is 6.14. The van der Waals surface area contributed by atoms with E-state index in [0.717, 1.165) is 35.4 Å². The molecule has 1 atom stereocenters. The summed E-state index contributed by atoms with van der Waals surface area (Å²) in [6.45, 7) is 10.6. The molecule has 0 radical (unpaired) electrons. The first-order valence-electron chi connectivity index (χ1n) is 8.70. The highest BCUT2D eigenvalue weighted by atomic mass is 35.5. The van der Waals surface area contributed by atoms with Crippen LogP contribution in [0, 0.1) is 5.92 Å². The third kappa shape index (κ3) is 4.49. The molecular weight excluding hydrogens is 340 g/mol. The maximum Gasteiger partial charge on any atom is 0.226 e. The Balaban J connectivity index is 1.72. The van der Waals surface area contributed by atoms with E-state index in [2.05, 4.69) is 41.8 Å². The van der Waals surface area contributed by atoms with Gasteiger partial charge in [-0.15, -0.1) is 0 Å². The second-order valence-corrected chi connectivity index (χ2v) is 13.9. The van der Waals surface area contributed by atoms with Crippen LogP contribution in [0.3, 0.4) is 0 Å². The molecule has 0 aliphatic heterocycles. The van der Waals surface area contributed by atoms with E-state index in [0.29, 0.717) is 12.8 Å². The lowest BCUT2D eigenvalue weighted by molar-refractivity contribution is 0.0899. The van der Waals surface area contributed by atoms with Gasteiger partial charge in [-0.2, -0.15) is 4.98 Å². The molecule has 2 aromatic heterocycles. The summed E-state index contributed by atoms with van der Waals surface area (Å²) in [5.74, 6) is 1.58. The molecule has 0 spiro atoms. The van der Waals surface area contributed by atoms with Crippen LogP contribution in [0.25, 0.3) is 11.0 Å². The zero-order valence-corrected chi connectivity index (χ0v) is 16.7. The number of ether oxygens (including phenoxy) is 1. The van der Waals surface area contributed by atoms with Gasteiger partial charge in [0.1, 0.15) is 18.2 Å². The molecule has 5 nitrogen and oxygen atoms in total. The fourth-order valence-electron chi connectivity index (χ4n) is 2.72. The molecule has 1 N–H and O–H groups in total. The minimum Gasteiger partial charge on any atom is -0.367 e. The zero-order chi connectivity index (χ0) is 17.3. The van der Waals surface area contributed by atoms with Crippen LogP contribution < -0.4 is 5.32 Å². The number of nitrogens with zero attached hydrogens (tertiary/aromatic N) is 3. The monoisotopic (exact) mass is 366 g/mol. The lowest BCUT2D eigenvalue weighted by Crippen LogP contribution is -2.22. The Morgan fingerprint density at radius 2 is 2.12 bits per heavy atom. The van der Waals surface area contributed by atoms with Gasteiger partial charge in [0.2, 0.25) is 5.28 Å². The van der Waals surface area contributed by atoms with Crippen molar-refractivity contribution in [2.24, 2.45) is 5.92 Å². The van der Waals surface area contributed by atoms with Gasteiger partial charge < -0.3 is 14.6 Å². The van der Waals surface area contributed by atoms with E-state index in [1.165, 1.54) is 12.8 Å². The molecule has 1 saturated carbocycles. The van der Waals surface area contributed by atoms with Gasteiger partial charge in [-0.3, -0.25) is 0 Å². The van der Waals surface area contributed by atoms with Crippen LogP contribution in [-0.2, 0) is 11.5 Å². The summed E-state index contributed by atoms with van der Waals surface area (Å²) in [5.41, 5.74) is 0.827. The van der Waals surface area contributed by atoms with Crippen molar-refractivity contribution in [3.8, 4) is 0 Å². The van der Waals surface area contributed by atoms with Crippen molar-refractivity contribution in [3.63, 3.8) is 0 Å². The Hall–Kier alpha value is -1.11. The van der Waals surface area contributed by atoms with Crippen molar-refractivity contribution in [2.45, 2.75) is 58.2 Å². The first-order valence-corrected chi connectivity index (χ1v) is 12.8. The Bertz CT molecular complexity index is 708. The number of hydrogen-bond donors (Lipinski definition) is 1. The number of hydrogen-bond acceptors (Lipinski definition) is 4. The molecule has 2 aromatic rings. The molecule has 0 unspecified atom stereocenters. The van der Waals surface area contributed by atoms with Crippen LogP contribution in [0.4, 0.5) is 5.82 Å². The summed E-state index contributed by atoms with van der Waals surface area (Å²) in [6, 6.07) is 3.61. The van der Waals surface area contributed by atoms with Crippen molar-refractivity contribution in [1.29, 1.82) is 0 Å². The minimum atomic E-state index is -1.07. The molecule has 3 rings (SSSR count). The van der Waals surface area contributed by atoms with Crippen LogP contribution in [0.2, 0.25) is 31.0 Å². The van der Waals surface area contributed by atoms with E-state index in [4.69, 9.17) is 16.3 Å². The number of fused-ring (bicyclic) bond motifs is 1. The summed E-state index contributed by atoms with van der Waals surface area (Å²) < 4.78 is 7.85.